The molecule has 1 aromatic rings. The Bertz CT molecular complexity index is 688. The Kier molecular flexibility index (Phi) is 10.3. The van der Waals surface area contributed by atoms with E-state index in [2.05, 4.69) is 17.1 Å². The van der Waals surface area contributed by atoms with E-state index in [9.17, 15) is 4.79 Å². The number of guanidine groups is 1. The van der Waals surface area contributed by atoms with Crippen LogP contribution >= 0.6 is 24.0 Å². The van der Waals surface area contributed by atoms with Crippen LogP contribution in [0.1, 0.15) is 19.4 Å². The lowest BCUT2D eigenvalue weighted by Gasteiger charge is -2.22. The van der Waals surface area contributed by atoms with Crippen LogP contribution in [-0.4, -0.2) is 64.9 Å². The van der Waals surface area contributed by atoms with Gasteiger partial charge in [-0.05, 0) is 12.8 Å². The Morgan fingerprint density at radius 3 is 2.24 bits per heavy atom. The molecule has 0 spiro atoms. The highest BCUT2D eigenvalue weighted by Crippen LogP contribution is 2.34. The van der Waals surface area contributed by atoms with Crippen LogP contribution in [-0.2, 0) is 16.1 Å². The number of halogens is 1. The van der Waals surface area contributed by atoms with Crippen molar-refractivity contribution in [3.63, 3.8) is 0 Å². The number of esters is 1. The van der Waals surface area contributed by atoms with Crippen molar-refractivity contribution >= 4 is 35.9 Å². The second kappa shape index (κ2) is 11.9. The van der Waals surface area contributed by atoms with Crippen molar-refractivity contribution in [3.8, 4) is 17.2 Å². The lowest BCUT2D eigenvalue weighted by molar-refractivity contribution is -0.145. The first-order valence-corrected chi connectivity index (χ1v) is 9.38. The van der Waals surface area contributed by atoms with Gasteiger partial charge >= 0.3 is 5.97 Å². The van der Waals surface area contributed by atoms with Gasteiger partial charge in [-0.2, -0.15) is 0 Å². The summed E-state index contributed by atoms with van der Waals surface area (Å²) in [5, 5.41) is 3.31. The van der Waals surface area contributed by atoms with E-state index in [0.717, 1.165) is 24.6 Å². The summed E-state index contributed by atoms with van der Waals surface area (Å²) in [6.07, 6.45) is 0. The quantitative estimate of drug-likeness (QED) is 0.256. The molecule has 1 aromatic carbocycles. The third kappa shape index (κ3) is 6.03. The summed E-state index contributed by atoms with van der Waals surface area (Å²) in [5.41, 5.74) is 0.831. The maximum Gasteiger partial charge on any atom is 0.310 e. The summed E-state index contributed by atoms with van der Waals surface area (Å²) >= 11 is 0. The van der Waals surface area contributed by atoms with Crippen LogP contribution in [0.3, 0.4) is 0 Å². The number of methoxy groups -OCH3 is 4. The van der Waals surface area contributed by atoms with Crippen LogP contribution in [0.15, 0.2) is 17.1 Å². The lowest BCUT2D eigenvalue weighted by Crippen LogP contribution is -2.40. The molecule has 0 aliphatic carbocycles. The lowest BCUT2D eigenvalue weighted by atomic mass is 9.99. The average Bonchev–Trinajstić information content (AvgIpc) is 3.11. The number of hydrogen-bond donors (Lipinski definition) is 1. The first-order valence-electron chi connectivity index (χ1n) is 9.38. The minimum atomic E-state index is -0.177. The molecule has 1 heterocycles. The SMILES string of the molecule is CCNC(=NCc1c(OC)cc(OC)cc1OC)N1CC(C)C(C(=O)OC)C1.I. The number of nitrogens with zero attached hydrogens (tertiary/aromatic N) is 2. The maximum atomic E-state index is 12.0. The fourth-order valence-corrected chi connectivity index (χ4v) is 3.41. The van der Waals surface area contributed by atoms with Gasteiger partial charge in [0.2, 0.25) is 0 Å². The highest BCUT2D eigenvalue weighted by atomic mass is 127. The van der Waals surface area contributed by atoms with Gasteiger partial charge in [0.05, 0.1) is 46.5 Å². The van der Waals surface area contributed by atoms with Crippen molar-refractivity contribution in [1.29, 1.82) is 0 Å². The van der Waals surface area contributed by atoms with Crippen LogP contribution in [0.2, 0.25) is 0 Å². The van der Waals surface area contributed by atoms with E-state index in [4.69, 9.17) is 23.9 Å². The molecule has 0 saturated carbocycles. The normalized spacial score (nSPS) is 18.7. The van der Waals surface area contributed by atoms with E-state index in [1.165, 1.54) is 7.11 Å². The molecule has 1 fully saturated rings. The number of aliphatic imine (C=N–C) groups is 1. The van der Waals surface area contributed by atoms with Gasteiger partial charge < -0.3 is 29.2 Å². The van der Waals surface area contributed by atoms with E-state index in [-0.39, 0.29) is 41.8 Å². The summed E-state index contributed by atoms with van der Waals surface area (Å²) in [7, 11) is 6.24. The molecule has 2 rings (SSSR count). The van der Waals surface area contributed by atoms with E-state index in [0.29, 0.717) is 30.3 Å². The average molecular weight is 521 g/mol. The molecule has 0 amide bonds. The predicted molar refractivity (Wildman–Crippen MR) is 123 cm³/mol. The molecule has 29 heavy (non-hydrogen) atoms. The number of rotatable bonds is 7. The third-order valence-electron chi connectivity index (χ3n) is 4.95. The fraction of sp³-hybridized carbons (Fsp3) is 0.600. The first-order chi connectivity index (χ1) is 13.5. The van der Waals surface area contributed by atoms with Gasteiger partial charge in [-0.1, -0.05) is 6.92 Å². The predicted octanol–water partition coefficient (Wildman–Crippen LogP) is 2.54. The Labute approximate surface area is 189 Å². The van der Waals surface area contributed by atoms with Crippen LogP contribution in [0, 0.1) is 11.8 Å². The van der Waals surface area contributed by atoms with Gasteiger partial charge in [-0.15, -0.1) is 24.0 Å². The molecule has 2 unspecified atom stereocenters. The molecule has 0 radical (unpaired) electrons. The number of benzene rings is 1. The van der Waals surface area contributed by atoms with Crippen molar-refractivity contribution in [2.24, 2.45) is 16.8 Å². The van der Waals surface area contributed by atoms with E-state index in [1.807, 2.05) is 19.1 Å². The second-order valence-electron chi connectivity index (χ2n) is 6.69. The van der Waals surface area contributed by atoms with Crippen molar-refractivity contribution in [1.82, 2.24) is 10.2 Å². The molecular weight excluding hydrogens is 489 g/mol. The summed E-state index contributed by atoms with van der Waals surface area (Å²) < 4.78 is 21.2. The minimum absolute atomic E-state index is 0. The third-order valence-corrected chi connectivity index (χ3v) is 4.95. The first kappa shape index (κ1) is 25.1. The zero-order valence-electron chi connectivity index (χ0n) is 18.0. The smallest absolute Gasteiger partial charge is 0.310 e. The molecular formula is C20H32IN3O5. The molecule has 1 N–H and O–H groups in total. The minimum Gasteiger partial charge on any atom is -0.496 e. The zero-order valence-corrected chi connectivity index (χ0v) is 20.3. The second-order valence-corrected chi connectivity index (χ2v) is 6.69. The molecule has 8 nitrogen and oxygen atoms in total. The van der Waals surface area contributed by atoms with Gasteiger partial charge in [0.1, 0.15) is 17.2 Å². The monoisotopic (exact) mass is 521 g/mol. The Morgan fingerprint density at radius 1 is 1.14 bits per heavy atom. The van der Waals surface area contributed by atoms with Gasteiger partial charge in [0.25, 0.3) is 0 Å². The van der Waals surface area contributed by atoms with Gasteiger partial charge in [0, 0.05) is 31.8 Å². The molecule has 1 saturated heterocycles. The number of nitrogens with one attached hydrogen (secondary N) is 1. The van der Waals surface area contributed by atoms with Crippen molar-refractivity contribution in [2.75, 3.05) is 48.1 Å². The Balaban J connectivity index is 0.00000420. The van der Waals surface area contributed by atoms with Gasteiger partial charge in [-0.3, -0.25) is 4.79 Å². The van der Waals surface area contributed by atoms with Crippen molar-refractivity contribution < 1.29 is 23.7 Å². The highest BCUT2D eigenvalue weighted by Gasteiger charge is 2.36. The summed E-state index contributed by atoms with van der Waals surface area (Å²) in [6, 6.07) is 3.62. The standard InChI is InChI=1S/C20H31N3O5.HI/c1-7-21-20(23-11-13(2)16(12-23)19(24)28-6)22-10-15-17(26-4)8-14(25-3)9-18(15)27-5;/h8-9,13,16H,7,10-12H2,1-6H3,(H,21,22);1H. The van der Waals surface area contributed by atoms with Crippen molar-refractivity contribution in [3.05, 3.63) is 17.7 Å². The Morgan fingerprint density at radius 2 is 1.76 bits per heavy atom. The number of likely N-dealkylation sites (tertiary alicyclic amines) is 1. The van der Waals surface area contributed by atoms with Crippen LogP contribution < -0.4 is 19.5 Å². The number of carbonyl (C=O) groups excluding carboxylic acids is 1. The van der Waals surface area contributed by atoms with E-state index < -0.39 is 0 Å². The molecule has 164 valence electrons. The Hall–Kier alpha value is -1.91. The summed E-state index contributed by atoms with van der Waals surface area (Å²) in [5.74, 6) is 2.57. The van der Waals surface area contributed by atoms with Crippen molar-refractivity contribution in [2.45, 2.75) is 20.4 Å². The van der Waals surface area contributed by atoms with E-state index >= 15 is 0 Å². The molecule has 1 aliphatic heterocycles. The number of carbonyl (C=O) groups is 1. The number of hydrogen-bond acceptors (Lipinski definition) is 6. The highest BCUT2D eigenvalue weighted by molar-refractivity contribution is 14.0. The number of ether oxygens (including phenoxy) is 4. The van der Waals surface area contributed by atoms with Gasteiger partial charge in [-0.25, -0.2) is 4.99 Å². The van der Waals surface area contributed by atoms with Gasteiger partial charge in [0.15, 0.2) is 5.96 Å². The zero-order chi connectivity index (χ0) is 20.7. The largest absolute Gasteiger partial charge is 0.496 e. The van der Waals surface area contributed by atoms with Crippen LogP contribution in [0.4, 0.5) is 0 Å². The van der Waals surface area contributed by atoms with E-state index in [1.54, 1.807) is 21.3 Å². The maximum absolute atomic E-state index is 12.0. The topological polar surface area (TPSA) is 81.6 Å². The molecule has 2 atom stereocenters. The van der Waals surface area contributed by atoms with Crippen LogP contribution in [0.25, 0.3) is 0 Å². The fourth-order valence-electron chi connectivity index (χ4n) is 3.41. The molecule has 0 aromatic heterocycles. The molecule has 1 aliphatic rings. The molecule has 9 heteroatoms. The van der Waals surface area contributed by atoms with Crippen LogP contribution in [0.5, 0.6) is 17.2 Å². The molecule has 0 bridgehead atoms. The summed E-state index contributed by atoms with van der Waals surface area (Å²) in [4.78, 5) is 18.9. The summed E-state index contributed by atoms with van der Waals surface area (Å²) in [6.45, 7) is 6.48.